The first-order valence-corrected chi connectivity index (χ1v) is 13.4. The van der Waals surface area contributed by atoms with Gasteiger partial charge in [0.15, 0.2) is 0 Å². The summed E-state index contributed by atoms with van der Waals surface area (Å²) in [6.45, 7) is 5.07. The fourth-order valence-electron chi connectivity index (χ4n) is 5.07. The van der Waals surface area contributed by atoms with E-state index in [9.17, 15) is 19.5 Å². The van der Waals surface area contributed by atoms with Gasteiger partial charge in [-0.25, -0.2) is 10.3 Å². The zero-order valence-corrected chi connectivity index (χ0v) is 22.3. The fraction of sp³-hybridized carbons (Fsp3) is 0.258. The molecule has 2 amide bonds. The number of nitrogens with one attached hydrogen (secondary N) is 3. The van der Waals surface area contributed by atoms with Crippen molar-refractivity contribution in [3.8, 4) is 0 Å². The van der Waals surface area contributed by atoms with E-state index in [0.29, 0.717) is 45.9 Å². The standard InChI is InChI=1S/C31H32N4O5/c1-20-18-25-26(19-24(20)31(38)39)33-30(37)27(25)28(21-8-4-2-5-9-21)32-23-12-10-22(11-13-23)29(36)34-40-17-16-35-14-6-3-7-15-35/h2,4-5,8-13,18-19,32H,3,6-7,14-17H2,1H3,(H,33,37)(H,34,36)(H,38,39)/b28-27+. The Kier molecular flexibility index (Phi) is 8.23. The Morgan fingerprint density at radius 3 is 2.40 bits per heavy atom. The van der Waals surface area contributed by atoms with Crippen molar-refractivity contribution >= 4 is 40.4 Å². The molecular weight excluding hydrogens is 508 g/mol. The molecule has 9 nitrogen and oxygen atoms in total. The maximum atomic E-state index is 13.2. The Hall–Kier alpha value is -4.47. The zero-order chi connectivity index (χ0) is 28.1. The molecule has 1 saturated heterocycles. The van der Waals surface area contributed by atoms with Crippen LogP contribution in [0.1, 0.15) is 56.7 Å². The molecule has 2 aliphatic rings. The number of nitrogens with zero attached hydrogens (tertiary/aromatic N) is 1. The van der Waals surface area contributed by atoms with Gasteiger partial charge in [0.25, 0.3) is 11.8 Å². The highest BCUT2D eigenvalue weighted by molar-refractivity contribution is 6.37. The van der Waals surface area contributed by atoms with Crippen LogP contribution >= 0.6 is 0 Å². The number of carbonyl (C=O) groups excluding carboxylic acids is 2. The number of carboxylic acid groups (broad SMARTS) is 1. The van der Waals surface area contributed by atoms with Crippen LogP contribution in [0.4, 0.5) is 11.4 Å². The molecule has 0 radical (unpaired) electrons. The number of hydrogen-bond donors (Lipinski definition) is 4. The summed E-state index contributed by atoms with van der Waals surface area (Å²) in [4.78, 5) is 45.1. The van der Waals surface area contributed by atoms with Crippen LogP contribution < -0.4 is 16.1 Å². The van der Waals surface area contributed by atoms with Crippen molar-refractivity contribution in [3.05, 3.63) is 94.5 Å². The SMILES string of the molecule is Cc1cc2c(cc1C(=O)O)NC(=O)/C2=C(/Nc1ccc(C(=O)NOCCN2CCCCC2)cc1)c1ccccc1. The highest BCUT2D eigenvalue weighted by Crippen LogP contribution is 2.39. The van der Waals surface area contributed by atoms with Crippen molar-refractivity contribution in [2.45, 2.75) is 26.2 Å². The molecule has 206 valence electrons. The lowest BCUT2D eigenvalue weighted by Gasteiger charge is -2.25. The fourth-order valence-corrected chi connectivity index (χ4v) is 5.07. The van der Waals surface area contributed by atoms with Gasteiger partial charge in [-0.1, -0.05) is 36.8 Å². The van der Waals surface area contributed by atoms with E-state index in [-0.39, 0.29) is 17.4 Å². The lowest BCUT2D eigenvalue weighted by atomic mass is 9.96. The van der Waals surface area contributed by atoms with Crippen molar-refractivity contribution in [1.82, 2.24) is 10.4 Å². The second-order valence-corrected chi connectivity index (χ2v) is 9.97. The molecule has 9 heteroatoms. The van der Waals surface area contributed by atoms with E-state index < -0.39 is 5.97 Å². The average Bonchev–Trinajstić information content (AvgIpc) is 3.28. The van der Waals surface area contributed by atoms with Gasteiger partial charge >= 0.3 is 5.97 Å². The molecule has 2 heterocycles. The van der Waals surface area contributed by atoms with Crippen LogP contribution in [0.15, 0.2) is 66.7 Å². The van der Waals surface area contributed by atoms with E-state index in [2.05, 4.69) is 21.0 Å². The summed E-state index contributed by atoms with van der Waals surface area (Å²) in [6.07, 6.45) is 3.69. The predicted molar refractivity (Wildman–Crippen MR) is 154 cm³/mol. The number of hydroxylamine groups is 1. The number of aryl methyl sites for hydroxylation is 1. The minimum Gasteiger partial charge on any atom is -0.478 e. The molecular formula is C31H32N4O5. The predicted octanol–water partition coefficient (Wildman–Crippen LogP) is 4.77. The topological polar surface area (TPSA) is 120 Å². The van der Waals surface area contributed by atoms with Crippen LogP contribution in [0, 0.1) is 6.92 Å². The molecule has 4 N–H and O–H groups in total. The van der Waals surface area contributed by atoms with Gasteiger partial charge in [-0.2, -0.15) is 0 Å². The summed E-state index contributed by atoms with van der Waals surface area (Å²) in [6, 6.07) is 19.5. The lowest BCUT2D eigenvalue weighted by Crippen LogP contribution is -2.35. The number of carbonyl (C=O) groups is 3. The first kappa shape index (κ1) is 27.1. The molecule has 3 aromatic rings. The number of amides is 2. The number of fused-ring (bicyclic) bond motifs is 1. The van der Waals surface area contributed by atoms with Crippen LogP contribution in [0.5, 0.6) is 0 Å². The third-order valence-electron chi connectivity index (χ3n) is 7.19. The number of hydrogen-bond acceptors (Lipinski definition) is 6. The van der Waals surface area contributed by atoms with Crippen LogP contribution in [-0.4, -0.2) is 54.0 Å². The maximum Gasteiger partial charge on any atom is 0.336 e. The molecule has 0 saturated carbocycles. The van der Waals surface area contributed by atoms with Crippen LogP contribution in [-0.2, 0) is 9.63 Å². The second kappa shape index (κ2) is 12.1. The smallest absolute Gasteiger partial charge is 0.336 e. The zero-order valence-electron chi connectivity index (χ0n) is 22.3. The summed E-state index contributed by atoms with van der Waals surface area (Å²) in [7, 11) is 0. The second-order valence-electron chi connectivity index (χ2n) is 9.97. The normalized spacial score (nSPS) is 16.2. The number of likely N-dealkylation sites (tertiary alicyclic amines) is 1. The number of carboxylic acids is 1. The molecule has 0 aromatic heterocycles. The summed E-state index contributed by atoms with van der Waals surface area (Å²) >= 11 is 0. The van der Waals surface area contributed by atoms with E-state index >= 15 is 0 Å². The Morgan fingerprint density at radius 1 is 0.975 bits per heavy atom. The van der Waals surface area contributed by atoms with Gasteiger partial charge in [0.2, 0.25) is 0 Å². The average molecular weight is 541 g/mol. The Bertz CT molecular complexity index is 1440. The van der Waals surface area contributed by atoms with Crippen molar-refractivity contribution in [1.29, 1.82) is 0 Å². The van der Waals surface area contributed by atoms with Gasteiger partial charge in [-0.3, -0.25) is 14.4 Å². The number of anilines is 2. The third-order valence-corrected chi connectivity index (χ3v) is 7.19. The molecule has 40 heavy (non-hydrogen) atoms. The van der Waals surface area contributed by atoms with Gasteiger partial charge in [-0.15, -0.1) is 0 Å². The Morgan fingerprint density at radius 2 is 1.70 bits per heavy atom. The van der Waals surface area contributed by atoms with Gasteiger partial charge in [0.1, 0.15) is 0 Å². The molecule has 0 spiro atoms. The van der Waals surface area contributed by atoms with Crippen molar-refractivity contribution < 1.29 is 24.3 Å². The van der Waals surface area contributed by atoms with Gasteiger partial charge in [0, 0.05) is 23.4 Å². The first-order valence-electron chi connectivity index (χ1n) is 13.4. The summed E-state index contributed by atoms with van der Waals surface area (Å²) in [5, 5.41) is 15.7. The molecule has 2 aliphatic heterocycles. The molecule has 0 unspecified atom stereocenters. The van der Waals surface area contributed by atoms with E-state index in [1.54, 1.807) is 37.3 Å². The van der Waals surface area contributed by atoms with E-state index in [0.717, 1.165) is 25.2 Å². The summed E-state index contributed by atoms with van der Waals surface area (Å²) < 4.78 is 0. The molecule has 0 bridgehead atoms. The van der Waals surface area contributed by atoms with Gasteiger partial charge in [-0.05, 0) is 80.4 Å². The van der Waals surface area contributed by atoms with Crippen molar-refractivity contribution in [2.24, 2.45) is 0 Å². The molecule has 0 atom stereocenters. The quantitative estimate of drug-likeness (QED) is 0.175. The maximum absolute atomic E-state index is 13.2. The van der Waals surface area contributed by atoms with Crippen molar-refractivity contribution in [3.63, 3.8) is 0 Å². The van der Waals surface area contributed by atoms with Gasteiger partial charge < -0.3 is 20.6 Å². The van der Waals surface area contributed by atoms with Crippen LogP contribution in [0.25, 0.3) is 11.3 Å². The highest BCUT2D eigenvalue weighted by Gasteiger charge is 2.30. The number of benzene rings is 3. The van der Waals surface area contributed by atoms with E-state index in [1.165, 1.54) is 25.3 Å². The largest absolute Gasteiger partial charge is 0.478 e. The Balaban J connectivity index is 1.34. The minimum atomic E-state index is -1.05. The molecule has 1 fully saturated rings. The number of rotatable bonds is 9. The molecule has 3 aromatic carbocycles. The first-order chi connectivity index (χ1) is 19.4. The monoisotopic (exact) mass is 540 g/mol. The molecule has 0 aliphatic carbocycles. The van der Waals surface area contributed by atoms with Crippen molar-refractivity contribution in [2.75, 3.05) is 36.9 Å². The highest BCUT2D eigenvalue weighted by atomic mass is 16.7. The van der Waals surface area contributed by atoms with E-state index in [1.807, 2.05) is 30.3 Å². The summed E-state index contributed by atoms with van der Waals surface area (Å²) in [5.41, 5.74) is 7.15. The lowest BCUT2D eigenvalue weighted by molar-refractivity contribution is -0.110. The Labute approximate surface area is 232 Å². The van der Waals surface area contributed by atoms with Crippen LogP contribution in [0.2, 0.25) is 0 Å². The summed E-state index contributed by atoms with van der Waals surface area (Å²) in [5.74, 6) is -1.72. The number of piperidine rings is 1. The third kappa shape index (κ3) is 6.06. The van der Waals surface area contributed by atoms with E-state index in [4.69, 9.17) is 4.84 Å². The van der Waals surface area contributed by atoms with Crippen LogP contribution in [0.3, 0.4) is 0 Å². The minimum absolute atomic E-state index is 0.138. The number of aromatic carboxylic acids is 1. The van der Waals surface area contributed by atoms with Gasteiger partial charge in [0.05, 0.1) is 29.1 Å². The molecule has 5 rings (SSSR count).